The number of amides is 1. The molecule has 136 valence electrons. The maximum absolute atomic E-state index is 12.0. The maximum atomic E-state index is 12.0. The standard InChI is InChI=1S/C19H25NO5/c1-6-20(12-14(2)3)18(21)13-25-19(22)10-8-15-7-9-16(23-4)17(11-15)24-5/h7-11H,2,6,12-13H2,1,3-5H3/b10-8+. The minimum Gasteiger partial charge on any atom is -0.493 e. The van der Waals surface area contributed by atoms with Crippen molar-refractivity contribution in [3.05, 3.63) is 42.0 Å². The Morgan fingerprint density at radius 2 is 1.88 bits per heavy atom. The fourth-order valence-corrected chi connectivity index (χ4v) is 2.10. The van der Waals surface area contributed by atoms with Crippen molar-refractivity contribution in [2.75, 3.05) is 33.9 Å². The number of benzene rings is 1. The summed E-state index contributed by atoms with van der Waals surface area (Å²) < 4.78 is 15.3. The zero-order valence-corrected chi connectivity index (χ0v) is 15.2. The van der Waals surface area contributed by atoms with Crippen molar-refractivity contribution >= 4 is 18.0 Å². The molecule has 0 bridgehead atoms. The number of ether oxygens (including phenoxy) is 3. The lowest BCUT2D eigenvalue weighted by Gasteiger charge is -2.20. The number of hydrogen-bond donors (Lipinski definition) is 0. The highest BCUT2D eigenvalue weighted by molar-refractivity contribution is 5.89. The molecule has 6 nitrogen and oxygen atoms in total. The van der Waals surface area contributed by atoms with Crippen LogP contribution in [0.1, 0.15) is 19.4 Å². The minimum atomic E-state index is -0.588. The Labute approximate surface area is 148 Å². The Morgan fingerprint density at radius 1 is 1.20 bits per heavy atom. The summed E-state index contributed by atoms with van der Waals surface area (Å²) in [6.45, 7) is 8.17. The summed E-state index contributed by atoms with van der Waals surface area (Å²) in [5, 5.41) is 0. The van der Waals surface area contributed by atoms with E-state index in [0.29, 0.717) is 24.6 Å². The van der Waals surface area contributed by atoms with Crippen molar-refractivity contribution in [3.63, 3.8) is 0 Å². The first-order valence-electron chi connectivity index (χ1n) is 7.90. The van der Waals surface area contributed by atoms with Gasteiger partial charge in [-0.1, -0.05) is 18.2 Å². The molecule has 1 amide bonds. The molecule has 1 aromatic rings. The van der Waals surface area contributed by atoms with Gasteiger partial charge in [-0.15, -0.1) is 0 Å². The van der Waals surface area contributed by atoms with Crippen molar-refractivity contribution in [2.45, 2.75) is 13.8 Å². The highest BCUT2D eigenvalue weighted by Crippen LogP contribution is 2.27. The summed E-state index contributed by atoms with van der Waals surface area (Å²) in [5.74, 6) is 0.324. The number of carbonyl (C=O) groups excluding carboxylic acids is 2. The Kier molecular flexibility index (Phi) is 8.26. The van der Waals surface area contributed by atoms with E-state index in [0.717, 1.165) is 11.1 Å². The van der Waals surface area contributed by atoms with Gasteiger partial charge in [0.1, 0.15) is 0 Å². The normalized spacial score (nSPS) is 10.4. The van der Waals surface area contributed by atoms with Crippen molar-refractivity contribution in [1.29, 1.82) is 0 Å². The van der Waals surface area contributed by atoms with Crippen LogP contribution in [0.15, 0.2) is 36.4 Å². The second-order valence-corrected chi connectivity index (χ2v) is 5.42. The zero-order chi connectivity index (χ0) is 18.8. The third kappa shape index (κ3) is 6.71. The molecule has 0 spiro atoms. The number of nitrogens with zero attached hydrogens (tertiary/aromatic N) is 1. The van der Waals surface area contributed by atoms with E-state index in [9.17, 15) is 9.59 Å². The molecular weight excluding hydrogens is 322 g/mol. The Balaban J connectivity index is 2.60. The zero-order valence-electron chi connectivity index (χ0n) is 15.2. The maximum Gasteiger partial charge on any atom is 0.331 e. The van der Waals surface area contributed by atoms with Gasteiger partial charge in [-0.3, -0.25) is 4.79 Å². The van der Waals surface area contributed by atoms with Gasteiger partial charge in [0.2, 0.25) is 0 Å². The molecule has 0 radical (unpaired) electrons. The third-order valence-corrected chi connectivity index (χ3v) is 3.35. The van der Waals surface area contributed by atoms with Gasteiger partial charge in [-0.05, 0) is 37.6 Å². The van der Waals surface area contributed by atoms with Gasteiger partial charge in [-0.2, -0.15) is 0 Å². The molecule has 0 fully saturated rings. The summed E-state index contributed by atoms with van der Waals surface area (Å²) in [5.41, 5.74) is 1.62. The fourth-order valence-electron chi connectivity index (χ4n) is 2.10. The predicted octanol–water partition coefficient (Wildman–Crippen LogP) is 2.68. The van der Waals surface area contributed by atoms with E-state index in [1.54, 1.807) is 36.3 Å². The second-order valence-electron chi connectivity index (χ2n) is 5.42. The topological polar surface area (TPSA) is 65.1 Å². The van der Waals surface area contributed by atoms with Crippen LogP contribution in [-0.4, -0.2) is 50.7 Å². The van der Waals surface area contributed by atoms with Crippen LogP contribution >= 0.6 is 0 Å². The number of hydrogen-bond acceptors (Lipinski definition) is 5. The Bertz CT molecular complexity index is 651. The highest BCUT2D eigenvalue weighted by atomic mass is 16.5. The van der Waals surface area contributed by atoms with Crippen LogP contribution in [0.4, 0.5) is 0 Å². The molecular formula is C19H25NO5. The molecule has 0 saturated carbocycles. The first-order chi connectivity index (χ1) is 11.9. The first-order valence-corrected chi connectivity index (χ1v) is 7.90. The molecule has 0 N–H and O–H groups in total. The summed E-state index contributed by atoms with van der Waals surface area (Å²) in [4.78, 5) is 25.4. The number of methoxy groups -OCH3 is 2. The monoisotopic (exact) mass is 347 g/mol. The summed E-state index contributed by atoms with van der Waals surface area (Å²) >= 11 is 0. The third-order valence-electron chi connectivity index (χ3n) is 3.35. The van der Waals surface area contributed by atoms with Crippen LogP contribution in [0.3, 0.4) is 0 Å². The van der Waals surface area contributed by atoms with Crippen molar-refractivity contribution in [2.24, 2.45) is 0 Å². The van der Waals surface area contributed by atoms with Crippen LogP contribution in [0.25, 0.3) is 6.08 Å². The fraction of sp³-hybridized carbons (Fsp3) is 0.368. The molecule has 0 aliphatic rings. The van der Waals surface area contributed by atoms with E-state index in [1.165, 1.54) is 13.2 Å². The number of carbonyl (C=O) groups is 2. The number of esters is 1. The van der Waals surface area contributed by atoms with Crippen molar-refractivity contribution < 1.29 is 23.8 Å². The minimum absolute atomic E-state index is 0.252. The van der Waals surface area contributed by atoms with Crippen LogP contribution < -0.4 is 9.47 Å². The van der Waals surface area contributed by atoms with Crippen LogP contribution in [0.5, 0.6) is 11.5 Å². The van der Waals surface area contributed by atoms with E-state index in [2.05, 4.69) is 6.58 Å². The number of likely N-dealkylation sites (N-methyl/N-ethyl adjacent to an activating group) is 1. The second kappa shape index (κ2) is 10.2. The van der Waals surface area contributed by atoms with Gasteiger partial charge in [0.25, 0.3) is 5.91 Å². The van der Waals surface area contributed by atoms with E-state index >= 15 is 0 Å². The highest BCUT2D eigenvalue weighted by Gasteiger charge is 2.13. The molecule has 25 heavy (non-hydrogen) atoms. The molecule has 6 heteroatoms. The molecule has 0 aliphatic carbocycles. The van der Waals surface area contributed by atoms with Crippen LogP contribution in [0.2, 0.25) is 0 Å². The van der Waals surface area contributed by atoms with Gasteiger partial charge in [0.15, 0.2) is 18.1 Å². The molecule has 0 heterocycles. The lowest BCUT2D eigenvalue weighted by atomic mass is 10.2. The molecule has 1 aromatic carbocycles. The average molecular weight is 347 g/mol. The number of rotatable bonds is 9. The van der Waals surface area contributed by atoms with E-state index in [1.807, 2.05) is 13.8 Å². The van der Waals surface area contributed by atoms with Gasteiger partial charge in [0.05, 0.1) is 14.2 Å². The molecule has 0 aromatic heterocycles. The molecule has 0 saturated heterocycles. The van der Waals surface area contributed by atoms with Crippen molar-refractivity contribution in [3.8, 4) is 11.5 Å². The first kappa shape index (κ1) is 20.3. The van der Waals surface area contributed by atoms with E-state index in [-0.39, 0.29) is 12.5 Å². The molecule has 1 rings (SSSR count). The molecule has 0 atom stereocenters. The van der Waals surface area contributed by atoms with E-state index in [4.69, 9.17) is 14.2 Å². The molecule has 0 aliphatic heterocycles. The van der Waals surface area contributed by atoms with E-state index < -0.39 is 5.97 Å². The lowest BCUT2D eigenvalue weighted by molar-refractivity contribution is -0.147. The predicted molar refractivity (Wildman–Crippen MR) is 96.6 cm³/mol. The van der Waals surface area contributed by atoms with Gasteiger partial charge in [-0.25, -0.2) is 4.79 Å². The van der Waals surface area contributed by atoms with Gasteiger partial charge in [0, 0.05) is 19.2 Å². The lowest BCUT2D eigenvalue weighted by Crippen LogP contribution is -2.35. The van der Waals surface area contributed by atoms with Gasteiger partial charge < -0.3 is 19.1 Å². The Morgan fingerprint density at radius 3 is 2.44 bits per heavy atom. The van der Waals surface area contributed by atoms with Crippen molar-refractivity contribution in [1.82, 2.24) is 4.90 Å². The SMILES string of the molecule is C=C(C)CN(CC)C(=O)COC(=O)/C=C/c1ccc(OC)c(OC)c1. The van der Waals surface area contributed by atoms with Crippen LogP contribution in [0, 0.1) is 0 Å². The summed E-state index contributed by atoms with van der Waals surface area (Å²) in [6, 6.07) is 5.26. The molecule has 0 unspecified atom stereocenters. The summed E-state index contributed by atoms with van der Waals surface area (Å²) in [6.07, 6.45) is 2.85. The van der Waals surface area contributed by atoms with Crippen LogP contribution in [-0.2, 0) is 14.3 Å². The Hall–Kier alpha value is -2.76. The van der Waals surface area contributed by atoms with Gasteiger partial charge >= 0.3 is 5.97 Å². The largest absolute Gasteiger partial charge is 0.493 e. The quantitative estimate of drug-likeness (QED) is 0.390. The average Bonchev–Trinajstić information content (AvgIpc) is 2.61. The summed E-state index contributed by atoms with van der Waals surface area (Å²) in [7, 11) is 3.09. The smallest absolute Gasteiger partial charge is 0.331 e.